The lowest BCUT2D eigenvalue weighted by Gasteiger charge is -2.41. The van der Waals surface area contributed by atoms with Gasteiger partial charge in [0.2, 0.25) is 0 Å². The number of unbranched alkanes of at least 4 members (excludes halogenated alkanes) is 10. The third-order valence-corrected chi connectivity index (χ3v) is 16.5. The summed E-state index contributed by atoms with van der Waals surface area (Å²) in [5, 5.41) is 0. The molecule has 0 saturated heterocycles. The highest BCUT2D eigenvalue weighted by atomic mass is 16.5. The van der Waals surface area contributed by atoms with E-state index < -0.39 is 0 Å². The van der Waals surface area contributed by atoms with Crippen LogP contribution in [0.5, 0.6) is 0 Å². The average molecular weight is 739 g/mol. The predicted molar refractivity (Wildman–Crippen MR) is 235 cm³/mol. The van der Waals surface area contributed by atoms with Gasteiger partial charge in [-0.15, -0.1) is 0 Å². The van der Waals surface area contributed by atoms with Crippen LogP contribution < -0.4 is 0 Å². The summed E-state index contributed by atoms with van der Waals surface area (Å²) in [6.45, 7) is 11.6. The van der Waals surface area contributed by atoms with E-state index in [0.717, 1.165) is 72.4 Å². The predicted octanol–water partition coefficient (Wildman–Crippen LogP) is 17.3. The average Bonchev–Trinajstić information content (AvgIpc) is 3.20. The Morgan fingerprint density at radius 1 is 0.321 bits per heavy atom. The topological polar surface area (TPSA) is 9.23 Å². The van der Waals surface area contributed by atoms with Crippen LogP contribution in [0.1, 0.15) is 259 Å². The molecule has 0 aromatic rings. The van der Waals surface area contributed by atoms with Crippen LogP contribution in [0.4, 0.5) is 0 Å². The third-order valence-electron chi connectivity index (χ3n) is 16.5. The van der Waals surface area contributed by atoms with Gasteiger partial charge < -0.3 is 4.74 Å². The first-order chi connectivity index (χ1) is 26.1. The van der Waals surface area contributed by atoms with E-state index in [1.807, 2.05) is 0 Å². The van der Waals surface area contributed by atoms with Gasteiger partial charge in [-0.1, -0.05) is 195 Å². The summed E-state index contributed by atoms with van der Waals surface area (Å²) in [5.41, 5.74) is 0. The van der Waals surface area contributed by atoms with Crippen molar-refractivity contribution < 1.29 is 4.74 Å². The summed E-state index contributed by atoms with van der Waals surface area (Å²) in [6.07, 6.45) is 53.5. The van der Waals surface area contributed by atoms with Crippen LogP contribution >= 0.6 is 0 Å². The summed E-state index contributed by atoms with van der Waals surface area (Å²) in [7, 11) is 0. The maximum Gasteiger partial charge on any atom is 0.0468 e. The maximum atomic E-state index is 6.82. The standard InChI is InChI=1S/C52H98O/c1-5-9-13-15-17-21-45-27-35-49(36-28-45)51(47-31-23-43(24-32-47)19-11-7-3)39-41-53-42-40-52(48-33-25-44(26-34-48)20-12-8-4)50-37-29-46(30-38-50)22-18-16-14-10-6-2/h43-52H,5-42H2,1-4H3/t43-,44-,45-,46-,47-,48-,49-,50-,51?,52?. The Bertz CT molecular complexity index is 750. The molecule has 0 spiro atoms. The number of ether oxygens (including phenoxy) is 1. The molecule has 4 fully saturated rings. The molecule has 2 unspecified atom stereocenters. The first-order valence-corrected chi connectivity index (χ1v) is 25.7. The van der Waals surface area contributed by atoms with Gasteiger partial charge >= 0.3 is 0 Å². The second-order valence-corrected chi connectivity index (χ2v) is 20.3. The monoisotopic (exact) mass is 739 g/mol. The molecular weight excluding hydrogens is 641 g/mol. The van der Waals surface area contributed by atoms with Crippen molar-refractivity contribution in [2.75, 3.05) is 13.2 Å². The third kappa shape index (κ3) is 17.6. The quantitative estimate of drug-likeness (QED) is 0.0726. The molecule has 53 heavy (non-hydrogen) atoms. The maximum absolute atomic E-state index is 6.82. The zero-order valence-corrected chi connectivity index (χ0v) is 37.1. The van der Waals surface area contributed by atoms with Crippen LogP contribution in [0, 0.1) is 59.2 Å². The smallest absolute Gasteiger partial charge is 0.0468 e. The van der Waals surface area contributed by atoms with E-state index in [-0.39, 0.29) is 0 Å². The van der Waals surface area contributed by atoms with Crippen molar-refractivity contribution in [1.82, 2.24) is 0 Å². The van der Waals surface area contributed by atoms with Crippen molar-refractivity contribution in [1.29, 1.82) is 0 Å². The van der Waals surface area contributed by atoms with Gasteiger partial charge in [0.25, 0.3) is 0 Å². The molecule has 2 atom stereocenters. The van der Waals surface area contributed by atoms with Crippen molar-refractivity contribution in [3.63, 3.8) is 0 Å². The molecule has 4 aliphatic rings. The van der Waals surface area contributed by atoms with Crippen LogP contribution in [0.2, 0.25) is 0 Å². The highest BCUT2D eigenvalue weighted by molar-refractivity contribution is 4.87. The second kappa shape index (κ2) is 28.4. The van der Waals surface area contributed by atoms with Crippen molar-refractivity contribution in [3.05, 3.63) is 0 Å². The molecular formula is C52H98O. The van der Waals surface area contributed by atoms with Crippen LogP contribution in [0.25, 0.3) is 0 Å². The van der Waals surface area contributed by atoms with Crippen molar-refractivity contribution in [3.8, 4) is 0 Å². The summed E-state index contributed by atoms with van der Waals surface area (Å²) in [4.78, 5) is 0. The fraction of sp³-hybridized carbons (Fsp3) is 1.00. The number of hydrogen-bond donors (Lipinski definition) is 0. The molecule has 4 saturated carbocycles. The molecule has 0 aliphatic heterocycles. The van der Waals surface area contributed by atoms with E-state index in [0.29, 0.717) is 0 Å². The van der Waals surface area contributed by atoms with Crippen molar-refractivity contribution >= 4 is 0 Å². The minimum Gasteiger partial charge on any atom is -0.381 e. The van der Waals surface area contributed by atoms with Crippen LogP contribution in [0.15, 0.2) is 0 Å². The van der Waals surface area contributed by atoms with Gasteiger partial charge in [-0.25, -0.2) is 0 Å². The lowest BCUT2D eigenvalue weighted by Crippen LogP contribution is -2.32. The van der Waals surface area contributed by atoms with Gasteiger partial charge in [-0.2, -0.15) is 0 Å². The minimum absolute atomic E-state index is 0.944. The van der Waals surface area contributed by atoms with Gasteiger partial charge in [-0.3, -0.25) is 0 Å². The highest BCUT2D eigenvalue weighted by Gasteiger charge is 2.36. The molecule has 0 heterocycles. The summed E-state index contributed by atoms with van der Waals surface area (Å²) in [5.74, 6) is 9.99. The van der Waals surface area contributed by atoms with Crippen LogP contribution in [0.3, 0.4) is 0 Å². The molecule has 0 bridgehead atoms. The lowest BCUT2D eigenvalue weighted by atomic mass is 9.65. The lowest BCUT2D eigenvalue weighted by molar-refractivity contribution is 0.0367. The van der Waals surface area contributed by atoms with Gasteiger partial charge in [0.1, 0.15) is 0 Å². The van der Waals surface area contributed by atoms with E-state index in [2.05, 4.69) is 27.7 Å². The van der Waals surface area contributed by atoms with Gasteiger partial charge in [0.05, 0.1) is 0 Å². The Morgan fingerprint density at radius 3 is 0.868 bits per heavy atom. The fourth-order valence-corrected chi connectivity index (χ4v) is 12.9. The van der Waals surface area contributed by atoms with Crippen molar-refractivity contribution in [2.24, 2.45) is 59.2 Å². The Hall–Kier alpha value is -0.0400. The first-order valence-electron chi connectivity index (χ1n) is 25.7. The van der Waals surface area contributed by atoms with E-state index in [4.69, 9.17) is 4.74 Å². The largest absolute Gasteiger partial charge is 0.381 e. The van der Waals surface area contributed by atoms with Crippen LogP contribution in [-0.4, -0.2) is 13.2 Å². The SMILES string of the molecule is CCCCCCC[C@H]1CC[C@H](C(CCOCCC([C@H]2CC[C@H](CCCC)CC2)[C@H]2CC[C@H](CCCCCCC)CC2)[C@H]2CC[C@H](CCCC)CC2)CC1. The molecule has 4 rings (SSSR count). The first kappa shape index (κ1) is 45.7. The van der Waals surface area contributed by atoms with E-state index in [9.17, 15) is 0 Å². The Balaban J connectivity index is 1.26. The Labute approximate surface area is 334 Å². The zero-order valence-electron chi connectivity index (χ0n) is 37.1. The van der Waals surface area contributed by atoms with E-state index in [1.165, 1.54) is 231 Å². The molecule has 0 aromatic heterocycles. The van der Waals surface area contributed by atoms with E-state index >= 15 is 0 Å². The summed E-state index contributed by atoms with van der Waals surface area (Å²) < 4.78 is 6.82. The van der Waals surface area contributed by atoms with Gasteiger partial charge in [0, 0.05) is 13.2 Å². The Morgan fingerprint density at radius 2 is 0.585 bits per heavy atom. The molecule has 1 nitrogen and oxygen atoms in total. The van der Waals surface area contributed by atoms with Crippen molar-refractivity contribution in [2.45, 2.75) is 259 Å². The molecule has 0 radical (unpaired) electrons. The molecule has 0 aromatic carbocycles. The van der Waals surface area contributed by atoms with Gasteiger partial charge in [-0.05, 0) is 123 Å². The zero-order chi connectivity index (χ0) is 37.4. The molecule has 0 N–H and O–H groups in total. The molecule has 312 valence electrons. The normalized spacial score (nSPS) is 31.0. The molecule has 4 aliphatic carbocycles. The Kier molecular flexibility index (Phi) is 24.4. The second-order valence-electron chi connectivity index (χ2n) is 20.3. The molecule has 1 heteroatoms. The summed E-state index contributed by atoms with van der Waals surface area (Å²) >= 11 is 0. The highest BCUT2D eigenvalue weighted by Crippen LogP contribution is 2.47. The summed E-state index contributed by atoms with van der Waals surface area (Å²) in [6, 6.07) is 0. The minimum atomic E-state index is 0.944. The van der Waals surface area contributed by atoms with Crippen LogP contribution in [-0.2, 0) is 4.74 Å². The number of hydrogen-bond acceptors (Lipinski definition) is 1. The molecule has 0 amide bonds. The van der Waals surface area contributed by atoms with Gasteiger partial charge in [0.15, 0.2) is 0 Å². The van der Waals surface area contributed by atoms with E-state index in [1.54, 1.807) is 0 Å². The fourth-order valence-electron chi connectivity index (χ4n) is 12.9. The number of rotatable bonds is 28.